The second-order valence-electron chi connectivity index (χ2n) is 7.81. The largest absolute Gasteiger partial charge is 0.394 e. The van der Waals surface area contributed by atoms with Gasteiger partial charge in [-0.15, -0.1) is 0 Å². The minimum atomic E-state index is -0.705. The first-order valence-corrected chi connectivity index (χ1v) is 10.8. The van der Waals surface area contributed by atoms with Crippen molar-refractivity contribution < 1.29 is 13.9 Å². The van der Waals surface area contributed by atoms with Crippen LogP contribution in [0, 0.1) is 23.0 Å². The number of anilines is 2. The normalized spacial score (nSPS) is 14.1. The van der Waals surface area contributed by atoms with Crippen LogP contribution in [-0.4, -0.2) is 33.5 Å². The average Bonchev–Trinajstić information content (AvgIpc) is 3.64. The van der Waals surface area contributed by atoms with E-state index in [9.17, 15) is 18.7 Å². The molecule has 0 bridgehead atoms. The fourth-order valence-corrected chi connectivity index (χ4v) is 3.81. The van der Waals surface area contributed by atoms with Gasteiger partial charge >= 0.3 is 0 Å². The van der Waals surface area contributed by atoms with Gasteiger partial charge in [-0.25, -0.2) is 13.8 Å². The van der Waals surface area contributed by atoms with Crippen LogP contribution in [0.5, 0.6) is 0 Å². The van der Waals surface area contributed by atoms with Crippen LogP contribution >= 0.6 is 11.6 Å². The number of pyridine rings is 2. The summed E-state index contributed by atoms with van der Waals surface area (Å²) in [5.74, 6) is -0.569. The molecule has 0 aliphatic heterocycles. The predicted molar refractivity (Wildman–Crippen MR) is 124 cm³/mol. The Hall–Kier alpha value is -3.30. The minimum Gasteiger partial charge on any atom is -0.394 e. The van der Waals surface area contributed by atoms with E-state index in [4.69, 9.17) is 17.0 Å². The van der Waals surface area contributed by atoms with Crippen LogP contribution in [0.25, 0.3) is 5.69 Å². The molecule has 7 nitrogen and oxygen atoms in total. The third-order valence-electron chi connectivity index (χ3n) is 5.61. The average molecular weight is 474 g/mol. The lowest BCUT2D eigenvalue weighted by atomic mass is 10.1. The Morgan fingerprint density at radius 3 is 2.67 bits per heavy atom. The fraction of sp³-hybridized carbons (Fsp3) is 0.261. The van der Waals surface area contributed by atoms with Gasteiger partial charge in [-0.3, -0.25) is 9.36 Å². The van der Waals surface area contributed by atoms with Gasteiger partial charge in [-0.2, -0.15) is 0 Å². The Morgan fingerprint density at radius 1 is 1.30 bits per heavy atom. The topological polar surface area (TPSA) is 103 Å². The summed E-state index contributed by atoms with van der Waals surface area (Å²) >= 11 is 6.30. The van der Waals surface area contributed by atoms with Crippen molar-refractivity contribution >= 4 is 29.3 Å². The molecule has 4 N–H and O–H groups in total. The van der Waals surface area contributed by atoms with Crippen molar-refractivity contribution in [2.45, 2.75) is 25.4 Å². The summed E-state index contributed by atoms with van der Waals surface area (Å²) in [4.78, 5) is 17.3. The third kappa shape index (κ3) is 4.89. The Morgan fingerprint density at radius 2 is 2.03 bits per heavy atom. The molecule has 1 saturated carbocycles. The number of aliphatic hydroxyl groups is 1. The number of hydrogen-bond donors (Lipinski definition) is 4. The summed E-state index contributed by atoms with van der Waals surface area (Å²) in [6, 6.07) is 6.57. The monoisotopic (exact) mass is 473 g/mol. The molecule has 1 aliphatic carbocycles. The van der Waals surface area contributed by atoms with Gasteiger partial charge in [0.2, 0.25) is 0 Å². The predicted octanol–water partition coefficient (Wildman–Crippen LogP) is 3.96. The standard InChI is InChI=1S/C23H22ClF2N5O2/c24-16-11-29-22(30-20(12-32)13-4-5-13)8-21(16)31-7-6-19(14(9-27)23(31)33)28-10-15-17(25)2-1-3-18(15)26/h1-3,6-9,11,13,20,27-28,32H,4-5,10,12H2,(H,29,30). The maximum absolute atomic E-state index is 13.9. The van der Waals surface area contributed by atoms with Gasteiger partial charge in [0.05, 0.1) is 40.8 Å². The molecule has 0 radical (unpaired) electrons. The molecule has 0 saturated heterocycles. The first-order chi connectivity index (χ1) is 15.9. The van der Waals surface area contributed by atoms with Gasteiger partial charge in [-0.1, -0.05) is 17.7 Å². The zero-order valence-corrected chi connectivity index (χ0v) is 18.2. The van der Waals surface area contributed by atoms with Crippen LogP contribution in [0.15, 0.2) is 47.5 Å². The molecule has 1 aliphatic rings. The summed E-state index contributed by atoms with van der Waals surface area (Å²) in [6.07, 6.45) is 5.81. The smallest absolute Gasteiger partial charge is 0.266 e. The van der Waals surface area contributed by atoms with Gasteiger partial charge in [-0.05, 0) is 37.0 Å². The van der Waals surface area contributed by atoms with E-state index in [0.717, 1.165) is 31.2 Å². The summed E-state index contributed by atoms with van der Waals surface area (Å²) in [6.45, 7) is -0.234. The van der Waals surface area contributed by atoms with Gasteiger partial charge in [0.1, 0.15) is 17.5 Å². The second kappa shape index (κ2) is 9.68. The SMILES string of the molecule is N=Cc1c(NCc2c(F)cccc2F)ccn(-c2cc(NC(CO)C3CC3)ncc2Cl)c1=O. The third-order valence-corrected chi connectivity index (χ3v) is 5.90. The molecule has 2 heterocycles. The van der Waals surface area contributed by atoms with E-state index >= 15 is 0 Å². The Bertz CT molecular complexity index is 1230. The highest BCUT2D eigenvalue weighted by atomic mass is 35.5. The van der Waals surface area contributed by atoms with Crippen molar-refractivity contribution in [3.63, 3.8) is 0 Å². The van der Waals surface area contributed by atoms with E-state index in [1.54, 1.807) is 6.07 Å². The molecule has 1 unspecified atom stereocenters. The number of aromatic nitrogens is 2. The first-order valence-electron chi connectivity index (χ1n) is 10.4. The number of rotatable bonds is 9. The van der Waals surface area contributed by atoms with Crippen molar-refractivity contribution in [1.29, 1.82) is 5.41 Å². The molecule has 2 aromatic heterocycles. The quantitative estimate of drug-likeness (QED) is 0.352. The van der Waals surface area contributed by atoms with E-state index in [1.165, 1.54) is 29.1 Å². The van der Waals surface area contributed by atoms with Crippen LogP contribution in [-0.2, 0) is 6.54 Å². The van der Waals surface area contributed by atoms with Gasteiger partial charge in [0.25, 0.3) is 5.56 Å². The summed E-state index contributed by atoms with van der Waals surface area (Å²) in [5.41, 5.74) is -0.0978. The van der Waals surface area contributed by atoms with E-state index in [-0.39, 0.29) is 41.0 Å². The van der Waals surface area contributed by atoms with Gasteiger partial charge in [0, 0.05) is 30.6 Å². The zero-order valence-electron chi connectivity index (χ0n) is 17.5. The molecule has 33 heavy (non-hydrogen) atoms. The molecule has 10 heteroatoms. The maximum Gasteiger partial charge on any atom is 0.266 e. The molecule has 3 aromatic rings. The Balaban J connectivity index is 1.63. The van der Waals surface area contributed by atoms with Gasteiger partial charge < -0.3 is 21.1 Å². The van der Waals surface area contributed by atoms with Crippen LogP contribution in [0.4, 0.5) is 20.3 Å². The fourth-order valence-electron chi connectivity index (χ4n) is 3.61. The van der Waals surface area contributed by atoms with E-state index < -0.39 is 17.2 Å². The van der Waals surface area contributed by atoms with Gasteiger partial charge in [0.15, 0.2) is 0 Å². The second-order valence-corrected chi connectivity index (χ2v) is 8.22. The molecule has 4 rings (SSSR count). The van der Waals surface area contributed by atoms with Crippen molar-refractivity contribution in [2.24, 2.45) is 5.92 Å². The number of nitrogens with one attached hydrogen (secondary N) is 3. The molecule has 0 amide bonds. The summed E-state index contributed by atoms with van der Waals surface area (Å²) in [7, 11) is 0. The summed E-state index contributed by atoms with van der Waals surface area (Å²) in [5, 5.41) is 23.5. The van der Waals surface area contributed by atoms with Crippen molar-refractivity contribution in [2.75, 3.05) is 17.2 Å². The molecule has 0 spiro atoms. The van der Waals surface area contributed by atoms with Crippen molar-refractivity contribution in [1.82, 2.24) is 9.55 Å². The lowest BCUT2D eigenvalue weighted by molar-refractivity contribution is 0.263. The van der Waals surface area contributed by atoms with E-state index in [2.05, 4.69) is 15.6 Å². The highest BCUT2D eigenvalue weighted by Crippen LogP contribution is 2.34. The highest BCUT2D eigenvalue weighted by molar-refractivity contribution is 6.32. The first kappa shape index (κ1) is 22.9. The minimum absolute atomic E-state index is 0.00264. The lowest BCUT2D eigenvalue weighted by Crippen LogP contribution is -2.27. The Kier molecular flexibility index (Phi) is 6.71. The highest BCUT2D eigenvalue weighted by Gasteiger charge is 2.31. The van der Waals surface area contributed by atoms with Crippen LogP contribution in [0.3, 0.4) is 0 Å². The molecule has 1 atom stereocenters. The number of halogens is 3. The zero-order chi connectivity index (χ0) is 23.5. The molecular weight excluding hydrogens is 452 g/mol. The maximum atomic E-state index is 13.9. The van der Waals surface area contributed by atoms with E-state index in [1.807, 2.05) is 0 Å². The molecule has 1 aromatic carbocycles. The van der Waals surface area contributed by atoms with Crippen LogP contribution in [0.2, 0.25) is 5.02 Å². The van der Waals surface area contributed by atoms with E-state index in [0.29, 0.717) is 17.4 Å². The molecule has 1 fully saturated rings. The number of benzene rings is 1. The molecular formula is C23H22ClF2N5O2. The number of aliphatic hydroxyl groups excluding tert-OH is 1. The van der Waals surface area contributed by atoms with Crippen LogP contribution < -0.4 is 16.2 Å². The number of nitrogens with zero attached hydrogens (tertiary/aromatic N) is 2. The lowest BCUT2D eigenvalue weighted by Gasteiger charge is -2.18. The number of hydrogen-bond acceptors (Lipinski definition) is 6. The Labute approximate surface area is 193 Å². The van der Waals surface area contributed by atoms with Crippen molar-refractivity contribution in [3.8, 4) is 5.69 Å². The summed E-state index contributed by atoms with van der Waals surface area (Å²) < 4.78 is 29.1. The van der Waals surface area contributed by atoms with Crippen molar-refractivity contribution in [3.05, 3.63) is 80.9 Å². The molecule has 172 valence electrons. The van der Waals surface area contributed by atoms with Crippen LogP contribution in [0.1, 0.15) is 24.0 Å².